The van der Waals surface area contributed by atoms with Gasteiger partial charge in [0, 0.05) is 12.0 Å². The number of piperidine rings is 1. The van der Waals surface area contributed by atoms with Gasteiger partial charge in [-0.1, -0.05) is 37.8 Å². The summed E-state index contributed by atoms with van der Waals surface area (Å²) in [7, 11) is 0. The molecule has 0 aromatic carbocycles. The molecule has 2 fully saturated rings. The van der Waals surface area contributed by atoms with Crippen molar-refractivity contribution in [2.75, 3.05) is 26.2 Å². The summed E-state index contributed by atoms with van der Waals surface area (Å²) in [5.74, 6) is 0.866. The number of hydrogen-bond donors (Lipinski definition) is 0. The third-order valence-electron chi connectivity index (χ3n) is 5.07. The van der Waals surface area contributed by atoms with Crippen LogP contribution >= 0.6 is 0 Å². The maximum Gasteiger partial charge on any atom is 0.232 e. The van der Waals surface area contributed by atoms with E-state index in [-0.39, 0.29) is 11.5 Å². The molecule has 3 rings (SSSR count). The number of ether oxygens (including phenoxy) is 1. The Morgan fingerprint density at radius 1 is 1.10 bits per heavy atom. The predicted octanol–water partition coefficient (Wildman–Crippen LogP) is 3.17. The van der Waals surface area contributed by atoms with Crippen LogP contribution in [0.3, 0.4) is 0 Å². The summed E-state index contributed by atoms with van der Waals surface area (Å²) in [5.41, 5.74) is 0.110. The number of oxime groups is 1. The third kappa shape index (κ3) is 3.27. The molecule has 4 nitrogen and oxygen atoms in total. The Kier molecular flexibility index (Phi) is 4.49. The van der Waals surface area contributed by atoms with Crippen LogP contribution in [0.2, 0.25) is 0 Å². The summed E-state index contributed by atoms with van der Waals surface area (Å²) in [5, 5.41) is 4.24. The standard InChI is InChI=1S/C16H28N2O2/c1-16(8-4-2-5-9-16)15-17-19-13-14(20-15)12-18-10-6-3-7-11-18/h14H,2-13H2,1H3. The Balaban J connectivity index is 1.56. The normalized spacial score (nSPS) is 31.1. The van der Waals surface area contributed by atoms with Gasteiger partial charge in [-0.2, -0.15) is 0 Å². The molecule has 2 aliphatic heterocycles. The zero-order valence-corrected chi connectivity index (χ0v) is 12.8. The first-order valence-electron chi connectivity index (χ1n) is 8.36. The van der Waals surface area contributed by atoms with Crippen molar-refractivity contribution in [3.8, 4) is 0 Å². The molecule has 0 bridgehead atoms. The Bertz CT molecular complexity index is 344. The van der Waals surface area contributed by atoms with Crippen LogP contribution in [0, 0.1) is 5.41 Å². The molecule has 0 aromatic heterocycles. The number of nitrogens with zero attached hydrogens (tertiary/aromatic N) is 2. The Labute approximate surface area is 122 Å². The smallest absolute Gasteiger partial charge is 0.232 e. The van der Waals surface area contributed by atoms with Gasteiger partial charge in [-0.25, -0.2) is 0 Å². The van der Waals surface area contributed by atoms with Gasteiger partial charge in [-0.3, -0.25) is 4.90 Å². The molecule has 3 aliphatic rings. The minimum Gasteiger partial charge on any atom is -0.470 e. The number of rotatable bonds is 3. The van der Waals surface area contributed by atoms with E-state index in [9.17, 15) is 0 Å². The van der Waals surface area contributed by atoms with Crippen LogP contribution in [0.5, 0.6) is 0 Å². The van der Waals surface area contributed by atoms with E-state index in [0.717, 1.165) is 12.4 Å². The van der Waals surface area contributed by atoms with E-state index < -0.39 is 0 Å². The van der Waals surface area contributed by atoms with Gasteiger partial charge in [-0.05, 0) is 38.8 Å². The average Bonchev–Trinajstić information content (AvgIpc) is 2.49. The quantitative estimate of drug-likeness (QED) is 0.796. The van der Waals surface area contributed by atoms with Gasteiger partial charge >= 0.3 is 0 Å². The summed E-state index contributed by atoms with van der Waals surface area (Å²) in [6.45, 7) is 6.32. The largest absolute Gasteiger partial charge is 0.470 e. The van der Waals surface area contributed by atoms with Gasteiger partial charge in [0.15, 0.2) is 6.61 Å². The number of likely N-dealkylation sites (tertiary alicyclic amines) is 1. The van der Waals surface area contributed by atoms with E-state index >= 15 is 0 Å². The molecular formula is C16H28N2O2. The van der Waals surface area contributed by atoms with Gasteiger partial charge in [0.2, 0.25) is 5.90 Å². The lowest BCUT2D eigenvalue weighted by molar-refractivity contribution is -0.0232. The highest BCUT2D eigenvalue weighted by Crippen LogP contribution is 2.38. The maximum atomic E-state index is 6.21. The summed E-state index contributed by atoms with van der Waals surface area (Å²) < 4.78 is 6.21. The molecule has 2 heterocycles. The molecule has 4 heteroatoms. The molecule has 0 radical (unpaired) electrons. The summed E-state index contributed by atoms with van der Waals surface area (Å²) in [6.07, 6.45) is 10.5. The summed E-state index contributed by atoms with van der Waals surface area (Å²) >= 11 is 0. The van der Waals surface area contributed by atoms with Crippen molar-refractivity contribution in [3.63, 3.8) is 0 Å². The first-order valence-corrected chi connectivity index (χ1v) is 8.36. The fourth-order valence-electron chi connectivity index (χ4n) is 3.71. The molecular weight excluding hydrogens is 252 g/mol. The van der Waals surface area contributed by atoms with Gasteiger partial charge in [0.1, 0.15) is 6.10 Å². The average molecular weight is 280 g/mol. The fraction of sp³-hybridized carbons (Fsp3) is 0.938. The lowest BCUT2D eigenvalue weighted by atomic mass is 9.75. The van der Waals surface area contributed by atoms with E-state index in [1.165, 1.54) is 64.5 Å². The van der Waals surface area contributed by atoms with Crippen LogP contribution in [-0.4, -0.2) is 43.1 Å². The molecule has 20 heavy (non-hydrogen) atoms. The van der Waals surface area contributed by atoms with E-state index in [1.807, 2.05) is 0 Å². The maximum absolute atomic E-state index is 6.21. The molecule has 1 atom stereocenters. The van der Waals surface area contributed by atoms with E-state index in [2.05, 4.69) is 17.0 Å². The summed E-state index contributed by atoms with van der Waals surface area (Å²) in [4.78, 5) is 8.01. The molecule has 0 amide bonds. The van der Waals surface area contributed by atoms with Crippen LogP contribution in [0.25, 0.3) is 0 Å². The van der Waals surface area contributed by atoms with E-state index in [0.29, 0.717) is 6.61 Å². The van der Waals surface area contributed by atoms with Gasteiger partial charge in [0.25, 0.3) is 0 Å². The molecule has 1 aliphatic carbocycles. The topological polar surface area (TPSA) is 34.1 Å². The zero-order valence-electron chi connectivity index (χ0n) is 12.8. The highest BCUT2D eigenvalue weighted by atomic mass is 16.7. The monoisotopic (exact) mass is 280 g/mol. The lowest BCUT2D eigenvalue weighted by Gasteiger charge is -2.38. The van der Waals surface area contributed by atoms with Crippen LogP contribution in [0.15, 0.2) is 5.16 Å². The van der Waals surface area contributed by atoms with Crippen molar-refractivity contribution in [1.82, 2.24) is 4.90 Å². The minimum absolute atomic E-state index is 0.110. The molecule has 114 valence electrons. The van der Waals surface area contributed by atoms with Gasteiger partial charge in [-0.15, -0.1) is 0 Å². The predicted molar refractivity (Wildman–Crippen MR) is 79.7 cm³/mol. The van der Waals surface area contributed by atoms with Crippen molar-refractivity contribution >= 4 is 5.90 Å². The Hall–Kier alpha value is -0.770. The van der Waals surface area contributed by atoms with E-state index in [1.54, 1.807) is 0 Å². The second kappa shape index (κ2) is 6.33. The van der Waals surface area contributed by atoms with Crippen LogP contribution < -0.4 is 0 Å². The van der Waals surface area contributed by atoms with Crippen LogP contribution in [0.1, 0.15) is 58.3 Å². The van der Waals surface area contributed by atoms with Crippen LogP contribution in [-0.2, 0) is 9.57 Å². The highest BCUT2D eigenvalue weighted by molar-refractivity contribution is 5.82. The lowest BCUT2D eigenvalue weighted by Crippen LogP contribution is -2.45. The SMILES string of the molecule is CC1(C2=NOCC(CN3CCCCC3)O2)CCCCC1. The van der Waals surface area contributed by atoms with E-state index in [4.69, 9.17) is 9.57 Å². The summed E-state index contributed by atoms with van der Waals surface area (Å²) in [6, 6.07) is 0. The second-order valence-electron chi connectivity index (χ2n) is 6.91. The Morgan fingerprint density at radius 2 is 1.80 bits per heavy atom. The molecule has 0 spiro atoms. The third-order valence-corrected chi connectivity index (χ3v) is 5.07. The van der Waals surface area contributed by atoms with Crippen molar-refractivity contribution in [2.45, 2.75) is 64.4 Å². The van der Waals surface area contributed by atoms with Crippen LogP contribution in [0.4, 0.5) is 0 Å². The van der Waals surface area contributed by atoms with Gasteiger partial charge in [0.05, 0.1) is 0 Å². The highest BCUT2D eigenvalue weighted by Gasteiger charge is 2.38. The first-order chi connectivity index (χ1) is 9.76. The van der Waals surface area contributed by atoms with Crippen molar-refractivity contribution in [2.24, 2.45) is 10.6 Å². The molecule has 0 N–H and O–H groups in total. The van der Waals surface area contributed by atoms with Gasteiger partial charge < -0.3 is 9.57 Å². The van der Waals surface area contributed by atoms with Crippen molar-refractivity contribution in [1.29, 1.82) is 0 Å². The number of hydrogen-bond acceptors (Lipinski definition) is 4. The fourth-order valence-corrected chi connectivity index (χ4v) is 3.71. The second-order valence-corrected chi connectivity index (χ2v) is 6.91. The zero-order chi connectivity index (χ0) is 13.8. The van der Waals surface area contributed by atoms with Crippen molar-refractivity contribution in [3.05, 3.63) is 0 Å². The molecule has 1 saturated carbocycles. The molecule has 1 unspecified atom stereocenters. The molecule has 1 saturated heterocycles. The first kappa shape index (κ1) is 14.2. The van der Waals surface area contributed by atoms with Crippen molar-refractivity contribution < 1.29 is 9.57 Å². The Morgan fingerprint density at radius 3 is 2.55 bits per heavy atom. The molecule has 0 aromatic rings. The minimum atomic E-state index is 0.110.